The molecule has 1 N–H and O–H groups in total. The van der Waals surface area contributed by atoms with Gasteiger partial charge < -0.3 is 10.2 Å². The highest BCUT2D eigenvalue weighted by atomic mass is 32.2. The van der Waals surface area contributed by atoms with Crippen LogP contribution in [0.15, 0.2) is 0 Å². The van der Waals surface area contributed by atoms with E-state index in [9.17, 15) is 13.2 Å². The van der Waals surface area contributed by atoms with Gasteiger partial charge in [0, 0.05) is 46.3 Å². The van der Waals surface area contributed by atoms with E-state index in [1.807, 2.05) is 0 Å². The van der Waals surface area contributed by atoms with E-state index in [4.69, 9.17) is 0 Å². The minimum Gasteiger partial charge on any atom is -0.335 e. The fourth-order valence-electron chi connectivity index (χ4n) is 2.87. The smallest absolute Gasteiger partial charge is 0.317 e. The molecule has 1 saturated carbocycles. The van der Waals surface area contributed by atoms with Crippen LogP contribution in [0.1, 0.15) is 32.1 Å². The second-order valence-electron chi connectivity index (χ2n) is 5.96. The molecule has 0 unspecified atom stereocenters. The number of piperazine rings is 1. The first kappa shape index (κ1) is 16.5. The van der Waals surface area contributed by atoms with Crippen molar-refractivity contribution in [1.82, 2.24) is 18.8 Å². The van der Waals surface area contributed by atoms with Crippen LogP contribution in [0.25, 0.3) is 0 Å². The Balaban J connectivity index is 1.82. The van der Waals surface area contributed by atoms with Crippen LogP contribution in [0.4, 0.5) is 4.79 Å². The van der Waals surface area contributed by atoms with Crippen LogP contribution in [-0.4, -0.2) is 74.3 Å². The van der Waals surface area contributed by atoms with Gasteiger partial charge in [0.05, 0.1) is 0 Å². The summed E-state index contributed by atoms with van der Waals surface area (Å²) in [6.07, 6.45) is 5.73. The van der Waals surface area contributed by atoms with Gasteiger partial charge in [-0.1, -0.05) is 19.3 Å². The monoisotopic (exact) mass is 318 g/mol. The molecule has 1 saturated heterocycles. The van der Waals surface area contributed by atoms with Crippen molar-refractivity contribution in [2.75, 3.05) is 40.3 Å². The van der Waals surface area contributed by atoms with E-state index < -0.39 is 10.2 Å². The number of rotatable bonds is 3. The zero-order chi connectivity index (χ0) is 15.5. The van der Waals surface area contributed by atoms with Crippen LogP contribution in [-0.2, 0) is 10.2 Å². The molecule has 0 radical (unpaired) electrons. The van der Waals surface area contributed by atoms with Gasteiger partial charge in [0.2, 0.25) is 0 Å². The summed E-state index contributed by atoms with van der Waals surface area (Å²) in [5, 5.41) is 3.07. The molecule has 122 valence electrons. The number of carbonyl (C=O) groups excluding carboxylic acids is 1. The third kappa shape index (κ3) is 4.08. The van der Waals surface area contributed by atoms with Crippen LogP contribution in [0.3, 0.4) is 0 Å². The third-order valence-corrected chi connectivity index (χ3v) is 6.19. The fourth-order valence-corrected chi connectivity index (χ4v) is 3.95. The standard InChI is InChI=1S/C13H26N4O3S/c1-15(2)21(19,20)17-10-8-16(9-11-17)13(18)14-12-6-4-3-5-7-12/h12H,3-11H2,1-2H3,(H,14,18). The molecule has 2 fully saturated rings. The third-order valence-electron chi connectivity index (χ3n) is 4.25. The van der Waals surface area contributed by atoms with Gasteiger partial charge in [-0.2, -0.15) is 17.0 Å². The second kappa shape index (κ2) is 6.93. The van der Waals surface area contributed by atoms with Gasteiger partial charge in [-0.05, 0) is 12.8 Å². The Hall–Kier alpha value is -0.860. The van der Waals surface area contributed by atoms with Gasteiger partial charge in [-0.25, -0.2) is 4.79 Å². The summed E-state index contributed by atoms with van der Waals surface area (Å²) < 4.78 is 26.7. The molecule has 0 bridgehead atoms. The van der Waals surface area contributed by atoms with Crippen molar-refractivity contribution < 1.29 is 13.2 Å². The lowest BCUT2D eigenvalue weighted by molar-refractivity contribution is 0.164. The number of amides is 2. The summed E-state index contributed by atoms with van der Waals surface area (Å²) in [7, 11) is -0.317. The lowest BCUT2D eigenvalue weighted by atomic mass is 9.96. The number of carbonyl (C=O) groups is 1. The number of hydrogen-bond acceptors (Lipinski definition) is 3. The zero-order valence-electron chi connectivity index (χ0n) is 12.9. The number of urea groups is 1. The Bertz CT molecular complexity index is 452. The molecule has 7 nitrogen and oxygen atoms in total. The topological polar surface area (TPSA) is 73.0 Å². The van der Waals surface area contributed by atoms with E-state index in [2.05, 4.69) is 5.32 Å². The molecule has 1 heterocycles. The van der Waals surface area contributed by atoms with Crippen molar-refractivity contribution >= 4 is 16.2 Å². The van der Waals surface area contributed by atoms with Gasteiger partial charge >= 0.3 is 6.03 Å². The molecule has 0 aromatic rings. The van der Waals surface area contributed by atoms with E-state index in [0.717, 1.165) is 12.8 Å². The molecule has 1 aliphatic carbocycles. The molecule has 2 rings (SSSR count). The maximum Gasteiger partial charge on any atom is 0.317 e. The molecule has 2 aliphatic rings. The van der Waals surface area contributed by atoms with Crippen LogP contribution in [0.2, 0.25) is 0 Å². The number of nitrogens with zero attached hydrogens (tertiary/aromatic N) is 3. The molecule has 0 aromatic heterocycles. The van der Waals surface area contributed by atoms with Crippen LogP contribution >= 0.6 is 0 Å². The lowest BCUT2D eigenvalue weighted by Crippen LogP contribution is -2.56. The molecule has 2 amide bonds. The van der Waals surface area contributed by atoms with Gasteiger partial charge in [-0.3, -0.25) is 0 Å². The predicted molar refractivity (Wildman–Crippen MR) is 81.2 cm³/mol. The minimum atomic E-state index is -3.37. The first-order valence-corrected chi connectivity index (χ1v) is 9.04. The van der Waals surface area contributed by atoms with E-state index in [0.29, 0.717) is 26.2 Å². The molecular weight excluding hydrogens is 292 g/mol. The Morgan fingerprint density at radius 2 is 1.62 bits per heavy atom. The Labute approximate surface area is 127 Å². The fraction of sp³-hybridized carbons (Fsp3) is 0.923. The Morgan fingerprint density at radius 1 is 1.05 bits per heavy atom. The highest BCUT2D eigenvalue weighted by Gasteiger charge is 2.30. The van der Waals surface area contributed by atoms with Gasteiger partial charge in [0.1, 0.15) is 0 Å². The van der Waals surface area contributed by atoms with Crippen LogP contribution in [0.5, 0.6) is 0 Å². The van der Waals surface area contributed by atoms with Crippen LogP contribution in [0, 0.1) is 0 Å². The summed E-state index contributed by atoms with van der Waals surface area (Å²) >= 11 is 0. The minimum absolute atomic E-state index is 0.0520. The average Bonchev–Trinajstić information content (AvgIpc) is 2.48. The normalized spacial score (nSPS) is 22.5. The maximum absolute atomic E-state index is 12.2. The van der Waals surface area contributed by atoms with Gasteiger partial charge in [-0.15, -0.1) is 0 Å². The average molecular weight is 318 g/mol. The van der Waals surface area contributed by atoms with Gasteiger partial charge in [0.25, 0.3) is 10.2 Å². The van der Waals surface area contributed by atoms with E-state index in [1.165, 1.54) is 42.0 Å². The lowest BCUT2D eigenvalue weighted by Gasteiger charge is -2.36. The number of hydrogen-bond donors (Lipinski definition) is 1. The predicted octanol–water partition coefficient (Wildman–Crippen LogP) is 0.453. The molecule has 8 heteroatoms. The summed E-state index contributed by atoms with van der Waals surface area (Å²) in [5.41, 5.74) is 0. The Morgan fingerprint density at radius 3 is 2.14 bits per heavy atom. The largest absolute Gasteiger partial charge is 0.335 e. The number of nitrogens with one attached hydrogen (secondary N) is 1. The quantitative estimate of drug-likeness (QED) is 0.821. The van der Waals surface area contributed by atoms with Crippen molar-refractivity contribution in [3.05, 3.63) is 0 Å². The molecule has 1 aliphatic heterocycles. The SMILES string of the molecule is CN(C)S(=O)(=O)N1CCN(C(=O)NC2CCCCC2)CC1. The maximum atomic E-state index is 12.2. The zero-order valence-corrected chi connectivity index (χ0v) is 13.7. The van der Waals surface area contributed by atoms with Crippen molar-refractivity contribution in [2.24, 2.45) is 0 Å². The molecule has 0 spiro atoms. The molecule has 0 atom stereocenters. The van der Waals surface area contributed by atoms with Crippen molar-refractivity contribution in [3.8, 4) is 0 Å². The van der Waals surface area contributed by atoms with E-state index >= 15 is 0 Å². The highest BCUT2D eigenvalue weighted by Crippen LogP contribution is 2.18. The summed E-state index contributed by atoms with van der Waals surface area (Å²) in [6.45, 7) is 1.62. The summed E-state index contributed by atoms with van der Waals surface area (Å²) in [4.78, 5) is 13.9. The first-order chi connectivity index (χ1) is 9.91. The first-order valence-electron chi connectivity index (χ1n) is 7.64. The van der Waals surface area contributed by atoms with Gasteiger partial charge in [0.15, 0.2) is 0 Å². The molecule has 21 heavy (non-hydrogen) atoms. The van der Waals surface area contributed by atoms with E-state index in [-0.39, 0.29) is 12.1 Å². The molecular formula is C13H26N4O3S. The Kier molecular flexibility index (Phi) is 5.45. The summed E-state index contributed by atoms with van der Waals surface area (Å²) in [6, 6.07) is 0.235. The second-order valence-corrected chi connectivity index (χ2v) is 8.10. The van der Waals surface area contributed by atoms with Crippen molar-refractivity contribution in [2.45, 2.75) is 38.1 Å². The van der Waals surface area contributed by atoms with Crippen molar-refractivity contribution in [1.29, 1.82) is 0 Å². The van der Waals surface area contributed by atoms with E-state index in [1.54, 1.807) is 4.90 Å². The highest BCUT2D eigenvalue weighted by molar-refractivity contribution is 7.86. The van der Waals surface area contributed by atoms with Crippen molar-refractivity contribution in [3.63, 3.8) is 0 Å². The van der Waals surface area contributed by atoms with Crippen LogP contribution < -0.4 is 5.32 Å². The summed E-state index contributed by atoms with van der Waals surface area (Å²) in [5.74, 6) is 0. The molecule has 0 aromatic carbocycles.